The van der Waals surface area contributed by atoms with E-state index in [1.807, 2.05) is 0 Å². The van der Waals surface area contributed by atoms with Crippen LogP contribution in [0.15, 0.2) is 18.2 Å². The molecule has 4 nitrogen and oxygen atoms in total. The highest BCUT2D eigenvalue weighted by Crippen LogP contribution is 2.21. The van der Waals surface area contributed by atoms with Gasteiger partial charge in [-0.3, -0.25) is 4.79 Å². The lowest BCUT2D eigenvalue weighted by atomic mass is 10.1. The molecule has 0 spiro atoms. The van der Waals surface area contributed by atoms with Gasteiger partial charge in [0.15, 0.2) is 5.78 Å². The molecule has 1 saturated heterocycles. The maximum atomic E-state index is 12.1. The number of urea groups is 1. The number of benzene rings is 1. The van der Waals surface area contributed by atoms with E-state index in [0.29, 0.717) is 28.7 Å². The first kappa shape index (κ1) is 13.2. The van der Waals surface area contributed by atoms with Crippen LogP contribution in [-0.2, 0) is 0 Å². The molecule has 1 aliphatic rings. The second-order valence-corrected chi connectivity index (χ2v) is 5.02. The van der Waals surface area contributed by atoms with Gasteiger partial charge in [0, 0.05) is 30.7 Å². The maximum absolute atomic E-state index is 12.1. The molecule has 0 saturated carbocycles. The predicted molar refractivity (Wildman–Crippen MR) is 70.4 cm³/mol. The number of ketones is 1. The number of carbonyl (C=O) groups excluding carboxylic acids is 2. The smallest absolute Gasteiger partial charge is 0.320 e. The summed E-state index contributed by atoms with van der Waals surface area (Å²) >= 11 is 11.8. The third-order valence-electron chi connectivity index (χ3n) is 2.87. The Morgan fingerprint density at radius 2 is 2.06 bits per heavy atom. The molecule has 0 radical (unpaired) electrons. The van der Waals surface area contributed by atoms with E-state index >= 15 is 0 Å². The number of hydrogen-bond acceptors (Lipinski definition) is 2. The zero-order chi connectivity index (χ0) is 13.3. The molecule has 0 aromatic heterocycles. The van der Waals surface area contributed by atoms with E-state index in [1.165, 1.54) is 11.0 Å². The molecule has 1 fully saturated rings. The number of halogens is 2. The van der Waals surface area contributed by atoms with Gasteiger partial charge in [0.1, 0.15) is 0 Å². The largest absolute Gasteiger partial charge is 0.326 e. The Morgan fingerprint density at radius 1 is 1.33 bits per heavy atom. The summed E-state index contributed by atoms with van der Waals surface area (Å²) in [6, 6.07) is 4.59. The first-order valence-corrected chi connectivity index (χ1v) is 6.23. The van der Waals surface area contributed by atoms with Gasteiger partial charge in [0.2, 0.25) is 0 Å². The van der Waals surface area contributed by atoms with Crippen molar-refractivity contribution in [2.45, 2.75) is 0 Å². The van der Waals surface area contributed by atoms with Crippen molar-refractivity contribution in [3.05, 3.63) is 33.8 Å². The van der Waals surface area contributed by atoms with Crippen LogP contribution in [0.5, 0.6) is 0 Å². The zero-order valence-corrected chi connectivity index (χ0v) is 11.3. The number of hydrogen-bond donors (Lipinski definition) is 0. The van der Waals surface area contributed by atoms with Crippen LogP contribution in [0.4, 0.5) is 4.79 Å². The second-order valence-electron chi connectivity index (χ2n) is 4.17. The van der Waals surface area contributed by atoms with Crippen molar-refractivity contribution in [2.24, 2.45) is 0 Å². The molecule has 1 aliphatic heterocycles. The summed E-state index contributed by atoms with van der Waals surface area (Å²) in [6.07, 6.45) is 0. The lowest BCUT2D eigenvalue weighted by Crippen LogP contribution is -2.33. The third kappa shape index (κ3) is 2.60. The number of likely N-dealkylation sites (N-methyl/N-ethyl adjacent to an activating group) is 1. The monoisotopic (exact) mass is 286 g/mol. The summed E-state index contributed by atoms with van der Waals surface area (Å²) in [5.74, 6) is -0.203. The normalized spacial score (nSPS) is 15.4. The van der Waals surface area contributed by atoms with Gasteiger partial charge in [-0.1, -0.05) is 23.2 Å². The standard InChI is InChI=1S/C12H12Cl2N2O2/c1-15-4-5-16(12(15)18)7-11(17)9-6-8(13)2-3-10(9)14/h2-3,6H,4-5,7H2,1H3. The Hall–Kier alpha value is -1.26. The number of carbonyl (C=O) groups is 2. The minimum absolute atomic E-state index is 0.0310. The number of nitrogens with zero attached hydrogens (tertiary/aromatic N) is 2. The van der Waals surface area contributed by atoms with E-state index in [1.54, 1.807) is 24.1 Å². The quantitative estimate of drug-likeness (QED) is 0.802. The average Bonchev–Trinajstić information content (AvgIpc) is 2.64. The predicted octanol–water partition coefficient (Wildman–Crippen LogP) is 2.54. The maximum Gasteiger partial charge on any atom is 0.320 e. The molecule has 6 heteroatoms. The number of amides is 2. The van der Waals surface area contributed by atoms with Crippen molar-refractivity contribution < 1.29 is 9.59 Å². The Labute approximate surface area is 115 Å². The Morgan fingerprint density at radius 3 is 2.67 bits per heavy atom. The van der Waals surface area contributed by atoms with E-state index in [2.05, 4.69) is 0 Å². The van der Waals surface area contributed by atoms with Gasteiger partial charge in [-0.05, 0) is 18.2 Å². The molecule has 0 bridgehead atoms. The van der Waals surface area contributed by atoms with Crippen molar-refractivity contribution >= 4 is 35.0 Å². The van der Waals surface area contributed by atoms with Crippen LogP contribution in [0.2, 0.25) is 10.0 Å². The average molecular weight is 287 g/mol. The Bertz CT molecular complexity index is 505. The van der Waals surface area contributed by atoms with Crippen molar-refractivity contribution in [1.82, 2.24) is 9.80 Å². The van der Waals surface area contributed by atoms with Crippen LogP contribution in [-0.4, -0.2) is 48.3 Å². The van der Waals surface area contributed by atoms with Gasteiger partial charge >= 0.3 is 6.03 Å². The molecular formula is C12H12Cl2N2O2. The fraction of sp³-hybridized carbons (Fsp3) is 0.333. The lowest BCUT2D eigenvalue weighted by Gasteiger charge is -2.15. The van der Waals surface area contributed by atoms with Gasteiger partial charge in [-0.25, -0.2) is 4.79 Å². The first-order valence-electron chi connectivity index (χ1n) is 5.47. The van der Waals surface area contributed by atoms with E-state index in [0.717, 1.165) is 0 Å². The molecule has 18 heavy (non-hydrogen) atoms. The van der Waals surface area contributed by atoms with Gasteiger partial charge in [0.05, 0.1) is 11.6 Å². The fourth-order valence-electron chi connectivity index (χ4n) is 1.82. The van der Waals surface area contributed by atoms with E-state index in [4.69, 9.17) is 23.2 Å². The summed E-state index contributed by atoms with van der Waals surface area (Å²) < 4.78 is 0. The third-order valence-corrected chi connectivity index (χ3v) is 3.43. The second kappa shape index (κ2) is 5.16. The molecule has 2 amide bonds. The summed E-state index contributed by atoms with van der Waals surface area (Å²) in [5.41, 5.74) is 0.353. The van der Waals surface area contributed by atoms with Gasteiger partial charge < -0.3 is 9.80 Å². The molecule has 1 heterocycles. The minimum Gasteiger partial charge on any atom is -0.326 e. The zero-order valence-electron chi connectivity index (χ0n) is 9.82. The molecule has 0 N–H and O–H groups in total. The van der Waals surface area contributed by atoms with Crippen LogP contribution in [0.3, 0.4) is 0 Å². The molecule has 0 unspecified atom stereocenters. The number of rotatable bonds is 3. The highest BCUT2D eigenvalue weighted by Gasteiger charge is 2.27. The van der Waals surface area contributed by atoms with Crippen LogP contribution >= 0.6 is 23.2 Å². The van der Waals surface area contributed by atoms with Crippen molar-refractivity contribution in [1.29, 1.82) is 0 Å². The van der Waals surface area contributed by atoms with E-state index in [9.17, 15) is 9.59 Å². The van der Waals surface area contributed by atoms with Gasteiger partial charge in [0.25, 0.3) is 0 Å². The molecule has 0 aliphatic carbocycles. The summed E-state index contributed by atoms with van der Waals surface area (Å²) in [4.78, 5) is 26.8. The van der Waals surface area contributed by atoms with Crippen molar-refractivity contribution in [2.75, 3.05) is 26.7 Å². The van der Waals surface area contributed by atoms with E-state index < -0.39 is 0 Å². The van der Waals surface area contributed by atoms with Crippen LogP contribution in [0.25, 0.3) is 0 Å². The van der Waals surface area contributed by atoms with Crippen molar-refractivity contribution in [3.8, 4) is 0 Å². The molecule has 1 aromatic rings. The Kier molecular flexibility index (Phi) is 3.78. The molecule has 0 atom stereocenters. The molecule has 1 aromatic carbocycles. The molecular weight excluding hydrogens is 275 g/mol. The fourth-order valence-corrected chi connectivity index (χ4v) is 2.21. The van der Waals surface area contributed by atoms with Crippen LogP contribution in [0.1, 0.15) is 10.4 Å². The summed E-state index contributed by atoms with van der Waals surface area (Å²) in [7, 11) is 1.71. The number of Topliss-reactive ketones (excluding diaryl/α,β-unsaturated/α-hetero) is 1. The van der Waals surface area contributed by atoms with Crippen LogP contribution in [0, 0.1) is 0 Å². The van der Waals surface area contributed by atoms with Gasteiger partial charge in [-0.2, -0.15) is 0 Å². The SMILES string of the molecule is CN1CCN(CC(=O)c2cc(Cl)ccc2Cl)C1=O. The van der Waals surface area contributed by atoms with Crippen molar-refractivity contribution in [3.63, 3.8) is 0 Å². The summed E-state index contributed by atoms with van der Waals surface area (Å²) in [5, 5.41) is 0.803. The summed E-state index contributed by atoms with van der Waals surface area (Å²) in [6.45, 7) is 1.22. The topological polar surface area (TPSA) is 40.6 Å². The first-order chi connectivity index (χ1) is 8.49. The highest BCUT2D eigenvalue weighted by atomic mass is 35.5. The highest BCUT2D eigenvalue weighted by molar-refractivity contribution is 6.36. The van der Waals surface area contributed by atoms with Gasteiger partial charge in [-0.15, -0.1) is 0 Å². The van der Waals surface area contributed by atoms with E-state index in [-0.39, 0.29) is 18.4 Å². The lowest BCUT2D eigenvalue weighted by molar-refractivity contribution is 0.0952. The Balaban J connectivity index is 2.13. The molecule has 2 rings (SSSR count). The molecule has 96 valence electrons. The minimum atomic E-state index is -0.203. The van der Waals surface area contributed by atoms with Crippen LogP contribution < -0.4 is 0 Å².